The van der Waals surface area contributed by atoms with Gasteiger partial charge in [0.1, 0.15) is 5.82 Å². The van der Waals surface area contributed by atoms with Crippen LogP contribution in [0, 0.1) is 0 Å². The van der Waals surface area contributed by atoms with Gasteiger partial charge in [0.15, 0.2) is 5.65 Å². The maximum atomic E-state index is 6.44. The van der Waals surface area contributed by atoms with Gasteiger partial charge in [-0.2, -0.15) is 0 Å². The third kappa shape index (κ3) is 3.96. The van der Waals surface area contributed by atoms with Crippen molar-refractivity contribution in [2.75, 3.05) is 11.1 Å². The summed E-state index contributed by atoms with van der Waals surface area (Å²) in [5, 5.41) is 8.85. The highest BCUT2D eigenvalue weighted by molar-refractivity contribution is 6.30. The van der Waals surface area contributed by atoms with Crippen LogP contribution in [0.5, 0.6) is 0 Å². The summed E-state index contributed by atoms with van der Waals surface area (Å²) in [4.78, 5) is 4.54. The SMILES string of the molecule is Nc1nn2ccnc2c(Nc2ccc(-c3cccc(Cl)c3)cc2)c1[C@H]1CC[C@H](N)CC1. The van der Waals surface area contributed by atoms with Gasteiger partial charge >= 0.3 is 0 Å². The lowest BCUT2D eigenvalue weighted by atomic mass is 9.81. The third-order valence-corrected chi connectivity index (χ3v) is 6.33. The summed E-state index contributed by atoms with van der Waals surface area (Å²) in [6.07, 6.45) is 7.57. The third-order valence-electron chi connectivity index (χ3n) is 6.10. The molecule has 158 valence electrons. The number of aromatic nitrogens is 3. The largest absolute Gasteiger partial charge is 0.382 e. The molecule has 31 heavy (non-hydrogen) atoms. The fourth-order valence-electron chi connectivity index (χ4n) is 4.48. The van der Waals surface area contributed by atoms with E-state index in [1.807, 2.05) is 24.4 Å². The van der Waals surface area contributed by atoms with Gasteiger partial charge in [-0.3, -0.25) is 0 Å². The zero-order valence-corrected chi connectivity index (χ0v) is 17.9. The summed E-state index contributed by atoms with van der Waals surface area (Å²) in [6, 6.07) is 16.4. The first-order chi connectivity index (χ1) is 15.1. The Morgan fingerprint density at radius 2 is 1.77 bits per heavy atom. The van der Waals surface area contributed by atoms with Crippen LogP contribution in [0.15, 0.2) is 60.9 Å². The lowest BCUT2D eigenvalue weighted by Gasteiger charge is -2.28. The number of hydrogen-bond donors (Lipinski definition) is 3. The molecule has 7 heteroatoms. The van der Waals surface area contributed by atoms with Crippen molar-refractivity contribution in [1.82, 2.24) is 14.6 Å². The Kier molecular flexibility index (Phi) is 5.26. The first-order valence-corrected chi connectivity index (χ1v) is 11.0. The maximum absolute atomic E-state index is 6.44. The molecule has 0 spiro atoms. The topological polar surface area (TPSA) is 94.3 Å². The molecule has 0 atom stereocenters. The van der Waals surface area contributed by atoms with Crippen LogP contribution in [-0.2, 0) is 0 Å². The van der Waals surface area contributed by atoms with E-state index in [2.05, 4.69) is 45.7 Å². The van der Waals surface area contributed by atoms with Crippen molar-refractivity contribution >= 4 is 34.4 Å². The van der Waals surface area contributed by atoms with E-state index < -0.39 is 0 Å². The first-order valence-electron chi connectivity index (χ1n) is 10.6. The molecule has 1 aliphatic rings. The van der Waals surface area contributed by atoms with Crippen molar-refractivity contribution in [2.24, 2.45) is 5.73 Å². The zero-order valence-electron chi connectivity index (χ0n) is 17.1. The Morgan fingerprint density at radius 1 is 1.00 bits per heavy atom. The zero-order chi connectivity index (χ0) is 21.4. The molecule has 0 bridgehead atoms. The number of nitrogen functional groups attached to an aromatic ring is 1. The van der Waals surface area contributed by atoms with E-state index in [9.17, 15) is 0 Å². The van der Waals surface area contributed by atoms with Crippen LogP contribution in [0.3, 0.4) is 0 Å². The highest BCUT2D eigenvalue weighted by atomic mass is 35.5. The molecule has 0 radical (unpaired) electrons. The summed E-state index contributed by atoms with van der Waals surface area (Å²) < 4.78 is 1.73. The Hall–Kier alpha value is -3.09. The summed E-state index contributed by atoms with van der Waals surface area (Å²) in [7, 11) is 0. The van der Waals surface area contributed by atoms with Crippen molar-refractivity contribution < 1.29 is 0 Å². The predicted molar refractivity (Wildman–Crippen MR) is 127 cm³/mol. The van der Waals surface area contributed by atoms with Crippen molar-refractivity contribution in [3.63, 3.8) is 0 Å². The monoisotopic (exact) mass is 432 g/mol. The molecule has 0 unspecified atom stereocenters. The van der Waals surface area contributed by atoms with Crippen molar-refractivity contribution in [3.8, 4) is 11.1 Å². The molecule has 0 aliphatic heterocycles. The van der Waals surface area contributed by atoms with Crippen molar-refractivity contribution in [1.29, 1.82) is 0 Å². The molecule has 1 fully saturated rings. The molecule has 5 N–H and O–H groups in total. The van der Waals surface area contributed by atoms with E-state index in [-0.39, 0.29) is 6.04 Å². The minimum atomic E-state index is 0.274. The average molecular weight is 433 g/mol. The number of nitrogens with one attached hydrogen (secondary N) is 1. The molecule has 6 nitrogen and oxygen atoms in total. The van der Waals surface area contributed by atoms with Gasteiger partial charge in [0.25, 0.3) is 0 Å². The average Bonchev–Trinajstić information content (AvgIpc) is 3.24. The Labute approximate surface area is 186 Å². The van der Waals surface area contributed by atoms with E-state index >= 15 is 0 Å². The second-order valence-corrected chi connectivity index (χ2v) is 8.63. The minimum absolute atomic E-state index is 0.274. The fourth-order valence-corrected chi connectivity index (χ4v) is 4.67. The van der Waals surface area contributed by atoms with Gasteiger partial charge in [0.05, 0.1) is 5.69 Å². The second-order valence-electron chi connectivity index (χ2n) is 8.19. The van der Waals surface area contributed by atoms with E-state index in [1.165, 1.54) is 0 Å². The molecule has 4 aromatic rings. The van der Waals surface area contributed by atoms with Crippen LogP contribution >= 0.6 is 11.6 Å². The van der Waals surface area contributed by atoms with Crippen LogP contribution < -0.4 is 16.8 Å². The number of nitrogens with two attached hydrogens (primary N) is 2. The Bertz CT molecular complexity index is 1210. The lowest BCUT2D eigenvalue weighted by Crippen LogP contribution is -2.26. The van der Waals surface area contributed by atoms with Gasteiger partial charge in [-0.25, -0.2) is 9.50 Å². The van der Waals surface area contributed by atoms with Gasteiger partial charge in [0, 0.05) is 34.7 Å². The molecule has 0 saturated heterocycles. The summed E-state index contributed by atoms with van der Waals surface area (Å²) in [5.74, 6) is 0.867. The molecule has 1 saturated carbocycles. The molecule has 2 heterocycles. The number of imidazole rings is 1. The molecular formula is C24H25ClN6. The van der Waals surface area contributed by atoms with Gasteiger partial charge in [0.2, 0.25) is 0 Å². The van der Waals surface area contributed by atoms with E-state index in [4.69, 9.17) is 23.1 Å². The van der Waals surface area contributed by atoms with Gasteiger partial charge in [-0.1, -0.05) is 35.9 Å². The number of nitrogens with zero attached hydrogens (tertiary/aromatic N) is 3. The highest BCUT2D eigenvalue weighted by Gasteiger charge is 2.27. The number of benzene rings is 2. The lowest BCUT2D eigenvalue weighted by molar-refractivity contribution is 0.396. The number of hydrogen-bond acceptors (Lipinski definition) is 5. The minimum Gasteiger partial charge on any atom is -0.382 e. The number of halogens is 1. The second kappa shape index (κ2) is 8.21. The van der Waals surface area contributed by atoms with Crippen LogP contribution in [0.1, 0.15) is 37.2 Å². The quantitative estimate of drug-likeness (QED) is 0.403. The van der Waals surface area contributed by atoms with E-state index in [0.717, 1.165) is 64.4 Å². The van der Waals surface area contributed by atoms with Crippen LogP contribution in [-0.4, -0.2) is 20.6 Å². The number of fused-ring (bicyclic) bond motifs is 1. The molecule has 1 aliphatic carbocycles. The Balaban J connectivity index is 1.51. The van der Waals surface area contributed by atoms with Crippen molar-refractivity contribution in [3.05, 3.63) is 71.5 Å². The van der Waals surface area contributed by atoms with E-state index in [0.29, 0.717) is 11.7 Å². The standard InChI is InChI=1S/C24H25ClN6/c25-18-3-1-2-17(14-18)15-6-10-20(11-7-15)29-22-21(16-4-8-19(26)9-5-16)23(27)30-31-13-12-28-24(22)31/h1-3,6-7,10-14,16,19,29H,4-5,8-9,26H2,(H2,27,30)/t16-,19-. The van der Waals surface area contributed by atoms with Crippen LogP contribution in [0.2, 0.25) is 5.02 Å². The van der Waals surface area contributed by atoms with Gasteiger partial charge in [-0.05, 0) is 67.0 Å². The van der Waals surface area contributed by atoms with Gasteiger partial charge in [-0.15, -0.1) is 5.10 Å². The molecular weight excluding hydrogens is 408 g/mol. The van der Waals surface area contributed by atoms with Crippen LogP contribution in [0.4, 0.5) is 17.2 Å². The highest BCUT2D eigenvalue weighted by Crippen LogP contribution is 2.41. The Morgan fingerprint density at radius 3 is 2.52 bits per heavy atom. The summed E-state index contributed by atoms with van der Waals surface area (Å²) >= 11 is 6.15. The molecule has 2 aromatic carbocycles. The maximum Gasteiger partial charge on any atom is 0.177 e. The smallest absolute Gasteiger partial charge is 0.177 e. The fraction of sp³-hybridized carbons (Fsp3) is 0.250. The van der Waals surface area contributed by atoms with Crippen LogP contribution in [0.25, 0.3) is 16.8 Å². The number of rotatable bonds is 4. The van der Waals surface area contributed by atoms with Crippen molar-refractivity contribution in [2.45, 2.75) is 37.6 Å². The van der Waals surface area contributed by atoms with E-state index in [1.54, 1.807) is 10.7 Å². The molecule has 0 amide bonds. The molecule has 5 rings (SSSR count). The van der Waals surface area contributed by atoms with Gasteiger partial charge < -0.3 is 16.8 Å². The predicted octanol–water partition coefficient (Wildman–Crippen LogP) is 5.36. The summed E-state index contributed by atoms with van der Waals surface area (Å²) in [5.41, 5.74) is 18.5. The molecule has 2 aromatic heterocycles. The normalized spacial score (nSPS) is 18.9. The summed E-state index contributed by atoms with van der Waals surface area (Å²) in [6.45, 7) is 0. The number of anilines is 3. The first kappa shape index (κ1) is 19.8.